The number of amides is 1. The van der Waals surface area contributed by atoms with Crippen molar-refractivity contribution in [3.8, 4) is 0 Å². The van der Waals surface area contributed by atoms with Gasteiger partial charge in [-0.05, 0) is 38.3 Å². The minimum absolute atomic E-state index is 0.165. The van der Waals surface area contributed by atoms with Crippen LogP contribution in [0.2, 0.25) is 0 Å². The molecule has 24 heavy (non-hydrogen) atoms. The van der Waals surface area contributed by atoms with E-state index in [1.165, 1.54) is 6.42 Å². The number of carbonyl (C=O) groups excluding carboxylic acids is 1. The quantitative estimate of drug-likeness (QED) is 0.631. The van der Waals surface area contributed by atoms with Crippen molar-refractivity contribution < 1.29 is 9.72 Å². The number of nitro benzene ring substituents is 1. The summed E-state index contributed by atoms with van der Waals surface area (Å²) in [5.74, 6) is 0.165. The van der Waals surface area contributed by atoms with Gasteiger partial charge in [-0.2, -0.15) is 0 Å². The second-order valence-electron chi connectivity index (χ2n) is 7.38. The molecule has 2 fully saturated rings. The van der Waals surface area contributed by atoms with E-state index >= 15 is 0 Å². The van der Waals surface area contributed by atoms with Crippen LogP contribution in [0.25, 0.3) is 0 Å². The van der Waals surface area contributed by atoms with Crippen molar-refractivity contribution in [1.82, 2.24) is 9.80 Å². The van der Waals surface area contributed by atoms with E-state index in [2.05, 4.69) is 4.90 Å². The Labute approximate surface area is 142 Å². The second-order valence-corrected chi connectivity index (χ2v) is 7.38. The Kier molecular flexibility index (Phi) is 4.58. The van der Waals surface area contributed by atoms with E-state index in [1.54, 1.807) is 19.9 Å². The Morgan fingerprint density at radius 2 is 2.08 bits per heavy atom. The van der Waals surface area contributed by atoms with Crippen molar-refractivity contribution in [1.29, 1.82) is 0 Å². The Morgan fingerprint density at radius 1 is 1.29 bits per heavy atom. The fourth-order valence-corrected chi connectivity index (χ4v) is 4.19. The zero-order valence-corrected chi connectivity index (χ0v) is 14.5. The van der Waals surface area contributed by atoms with Gasteiger partial charge in [-0.15, -0.1) is 0 Å². The van der Waals surface area contributed by atoms with Gasteiger partial charge < -0.3 is 4.90 Å². The summed E-state index contributed by atoms with van der Waals surface area (Å²) in [5.41, 5.74) is 2.10. The fraction of sp³-hybridized carbons (Fsp3) is 0.611. The van der Waals surface area contributed by atoms with Gasteiger partial charge in [0.2, 0.25) is 5.91 Å². The molecule has 1 atom stereocenters. The summed E-state index contributed by atoms with van der Waals surface area (Å²) in [6, 6.07) is 5.52. The lowest BCUT2D eigenvalue weighted by molar-refractivity contribution is -0.385. The Bertz CT molecular complexity index is 661. The molecule has 6 heteroatoms. The van der Waals surface area contributed by atoms with E-state index in [9.17, 15) is 14.9 Å². The molecule has 1 amide bonds. The minimum atomic E-state index is -0.307. The number of nitrogens with zero attached hydrogens (tertiary/aromatic N) is 3. The molecule has 1 aromatic carbocycles. The van der Waals surface area contributed by atoms with Crippen molar-refractivity contribution in [3.63, 3.8) is 0 Å². The van der Waals surface area contributed by atoms with Gasteiger partial charge in [0.25, 0.3) is 5.69 Å². The molecule has 2 heterocycles. The lowest BCUT2D eigenvalue weighted by Crippen LogP contribution is -2.44. The predicted octanol–water partition coefficient (Wildman–Crippen LogP) is 2.74. The molecule has 0 N–H and O–H groups in total. The number of hydrogen-bond donors (Lipinski definition) is 0. The lowest BCUT2D eigenvalue weighted by Gasteiger charge is -2.40. The average molecular weight is 331 g/mol. The van der Waals surface area contributed by atoms with Crippen LogP contribution >= 0.6 is 0 Å². The first-order chi connectivity index (χ1) is 11.4. The summed E-state index contributed by atoms with van der Waals surface area (Å²) < 4.78 is 0. The molecule has 2 saturated heterocycles. The zero-order valence-electron chi connectivity index (χ0n) is 14.5. The molecule has 1 spiro atoms. The van der Waals surface area contributed by atoms with Gasteiger partial charge in [-0.25, -0.2) is 0 Å². The van der Waals surface area contributed by atoms with Gasteiger partial charge in [0, 0.05) is 50.1 Å². The van der Waals surface area contributed by atoms with E-state index in [0.717, 1.165) is 51.1 Å². The molecular weight excluding hydrogens is 306 g/mol. The number of likely N-dealkylation sites (tertiary alicyclic amines) is 2. The van der Waals surface area contributed by atoms with Crippen LogP contribution in [-0.4, -0.2) is 46.8 Å². The Morgan fingerprint density at radius 3 is 2.75 bits per heavy atom. The first-order valence-corrected chi connectivity index (χ1v) is 8.60. The molecule has 0 bridgehead atoms. The third kappa shape index (κ3) is 3.43. The van der Waals surface area contributed by atoms with Gasteiger partial charge in [0.05, 0.1) is 4.92 Å². The molecule has 0 saturated carbocycles. The molecule has 2 aliphatic heterocycles. The van der Waals surface area contributed by atoms with Crippen molar-refractivity contribution in [2.24, 2.45) is 5.41 Å². The number of benzene rings is 1. The first-order valence-electron chi connectivity index (χ1n) is 8.60. The number of piperidine rings is 1. The molecule has 0 aliphatic carbocycles. The van der Waals surface area contributed by atoms with E-state index < -0.39 is 0 Å². The van der Waals surface area contributed by atoms with E-state index in [0.29, 0.717) is 5.56 Å². The van der Waals surface area contributed by atoms with Gasteiger partial charge >= 0.3 is 0 Å². The smallest absolute Gasteiger partial charge is 0.272 e. The molecular formula is C18H25N3O3. The number of rotatable bonds is 3. The van der Waals surface area contributed by atoms with Crippen molar-refractivity contribution in [2.45, 2.75) is 39.7 Å². The normalized spacial score (nSPS) is 24.5. The maximum absolute atomic E-state index is 11.6. The summed E-state index contributed by atoms with van der Waals surface area (Å²) in [5, 5.41) is 11.1. The van der Waals surface area contributed by atoms with Crippen LogP contribution < -0.4 is 0 Å². The summed E-state index contributed by atoms with van der Waals surface area (Å²) in [6.45, 7) is 7.86. The number of nitro groups is 1. The second kappa shape index (κ2) is 6.51. The minimum Gasteiger partial charge on any atom is -0.342 e. The van der Waals surface area contributed by atoms with Crippen LogP contribution in [0.4, 0.5) is 5.69 Å². The Balaban J connectivity index is 1.69. The highest BCUT2D eigenvalue weighted by atomic mass is 16.6. The van der Waals surface area contributed by atoms with Crippen LogP contribution in [0.5, 0.6) is 0 Å². The first kappa shape index (κ1) is 16.9. The highest BCUT2D eigenvalue weighted by Crippen LogP contribution is 2.39. The predicted molar refractivity (Wildman–Crippen MR) is 91.6 cm³/mol. The lowest BCUT2D eigenvalue weighted by atomic mass is 9.79. The molecule has 3 rings (SSSR count). The molecule has 0 unspecified atom stereocenters. The molecule has 2 aliphatic rings. The zero-order chi connectivity index (χ0) is 17.3. The van der Waals surface area contributed by atoms with Crippen LogP contribution in [0.1, 0.15) is 37.3 Å². The maximum atomic E-state index is 11.6. The molecule has 1 aromatic rings. The highest BCUT2D eigenvalue weighted by molar-refractivity contribution is 5.73. The topological polar surface area (TPSA) is 66.7 Å². The van der Waals surface area contributed by atoms with Crippen molar-refractivity contribution in [3.05, 3.63) is 39.4 Å². The summed E-state index contributed by atoms with van der Waals surface area (Å²) >= 11 is 0. The third-order valence-corrected chi connectivity index (χ3v) is 5.50. The summed E-state index contributed by atoms with van der Waals surface area (Å²) in [7, 11) is 0. The van der Waals surface area contributed by atoms with E-state index in [1.807, 2.05) is 17.0 Å². The molecule has 130 valence electrons. The maximum Gasteiger partial charge on any atom is 0.272 e. The molecule has 0 radical (unpaired) electrons. The van der Waals surface area contributed by atoms with Crippen LogP contribution in [0.3, 0.4) is 0 Å². The number of aryl methyl sites for hydroxylation is 1. The largest absolute Gasteiger partial charge is 0.342 e. The van der Waals surface area contributed by atoms with Gasteiger partial charge in [-0.1, -0.05) is 12.1 Å². The standard InChI is InChI=1S/C18H25N3O3/c1-14-4-5-16(10-17(14)21(23)24)11-19-8-3-6-18(12-19)7-9-20(13-18)15(2)22/h4-5,10H,3,6-9,11-13H2,1-2H3/t18-/m1/s1. The number of hydrogen-bond acceptors (Lipinski definition) is 4. The summed E-state index contributed by atoms with van der Waals surface area (Å²) in [6.07, 6.45) is 3.36. The fourth-order valence-electron chi connectivity index (χ4n) is 4.19. The van der Waals surface area contributed by atoms with E-state index in [-0.39, 0.29) is 21.9 Å². The van der Waals surface area contributed by atoms with Crippen LogP contribution in [0, 0.1) is 22.5 Å². The summed E-state index contributed by atoms with van der Waals surface area (Å²) in [4.78, 5) is 26.8. The van der Waals surface area contributed by atoms with Gasteiger partial charge in [0.1, 0.15) is 0 Å². The molecule has 6 nitrogen and oxygen atoms in total. The number of carbonyl (C=O) groups is 1. The van der Waals surface area contributed by atoms with Gasteiger partial charge in [-0.3, -0.25) is 19.8 Å². The van der Waals surface area contributed by atoms with E-state index in [4.69, 9.17) is 0 Å². The van der Waals surface area contributed by atoms with Crippen LogP contribution in [-0.2, 0) is 11.3 Å². The van der Waals surface area contributed by atoms with Gasteiger partial charge in [0.15, 0.2) is 0 Å². The van der Waals surface area contributed by atoms with Crippen LogP contribution in [0.15, 0.2) is 18.2 Å². The van der Waals surface area contributed by atoms with Crippen molar-refractivity contribution in [2.75, 3.05) is 26.2 Å². The van der Waals surface area contributed by atoms with Crippen molar-refractivity contribution >= 4 is 11.6 Å². The molecule has 0 aromatic heterocycles. The monoisotopic (exact) mass is 331 g/mol. The highest BCUT2D eigenvalue weighted by Gasteiger charge is 2.41. The third-order valence-electron chi connectivity index (χ3n) is 5.50. The SMILES string of the molecule is CC(=O)N1CC[C@@]2(CCCN(Cc3ccc(C)c([N+](=O)[O-])c3)C2)C1. The Hall–Kier alpha value is -1.95. The average Bonchev–Trinajstić information content (AvgIpc) is 2.93.